The maximum absolute atomic E-state index is 12.9. The van der Waals surface area contributed by atoms with Crippen LogP contribution in [0.2, 0.25) is 0 Å². The smallest absolute Gasteiger partial charge is 0.414 e. The van der Waals surface area contributed by atoms with E-state index in [1.165, 1.54) is 0 Å². The molecule has 1 amide bonds. The topological polar surface area (TPSA) is 68.2 Å². The van der Waals surface area contributed by atoms with Crippen molar-refractivity contribution in [1.29, 1.82) is 0 Å². The van der Waals surface area contributed by atoms with Gasteiger partial charge in [0.15, 0.2) is 6.79 Å². The lowest BCUT2D eigenvalue weighted by atomic mass is 9.95. The van der Waals surface area contributed by atoms with Crippen LogP contribution in [-0.2, 0) is 9.47 Å². The van der Waals surface area contributed by atoms with Crippen LogP contribution in [0.3, 0.4) is 0 Å². The van der Waals surface area contributed by atoms with Gasteiger partial charge in [-0.15, -0.1) is 0 Å². The van der Waals surface area contributed by atoms with Gasteiger partial charge in [0, 0.05) is 25.0 Å². The molecule has 0 bridgehead atoms. The summed E-state index contributed by atoms with van der Waals surface area (Å²) in [7, 11) is 1.57. The highest BCUT2D eigenvalue weighted by Crippen LogP contribution is 2.49. The number of methoxy groups -OCH3 is 1. The van der Waals surface area contributed by atoms with Crippen LogP contribution in [0, 0.1) is 3.57 Å². The summed E-state index contributed by atoms with van der Waals surface area (Å²) in [5, 5.41) is 11.9. The van der Waals surface area contributed by atoms with Crippen molar-refractivity contribution in [1.82, 2.24) is 0 Å². The molecule has 1 atom stereocenters. The fourth-order valence-corrected chi connectivity index (χ4v) is 4.39. The third-order valence-electron chi connectivity index (χ3n) is 4.36. The van der Waals surface area contributed by atoms with Gasteiger partial charge in [-0.2, -0.15) is 0 Å². The molecule has 2 aromatic carbocycles. The lowest BCUT2D eigenvalue weighted by Crippen LogP contribution is -2.36. The second-order valence-corrected chi connectivity index (χ2v) is 8.55. The van der Waals surface area contributed by atoms with E-state index in [2.05, 4.69) is 22.6 Å². The van der Waals surface area contributed by atoms with Crippen LogP contribution in [0.4, 0.5) is 10.5 Å². The van der Waals surface area contributed by atoms with Crippen molar-refractivity contribution in [3.63, 3.8) is 0 Å². The van der Waals surface area contributed by atoms with Crippen LogP contribution < -0.4 is 9.64 Å². The Kier molecular flexibility index (Phi) is 5.83. The predicted octanol–water partition coefficient (Wildman–Crippen LogP) is 4.26. The van der Waals surface area contributed by atoms with E-state index in [0.29, 0.717) is 12.3 Å². The van der Waals surface area contributed by atoms with Gasteiger partial charge in [-0.1, -0.05) is 24.3 Å². The lowest BCUT2D eigenvalue weighted by Gasteiger charge is -2.26. The molecule has 0 fully saturated rings. The lowest BCUT2D eigenvalue weighted by molar-refractivity contribution is 0.0516. The summed E-state index contributed by atoms with van der Waals surface area (Å²) in [6.45, 7) is 5.94. The highest BCUT2D eigenvalue weighted by molar-refractivity contribution is 14.1. The average molecular weight is 485 g/mol. The molecule has 2 aromatic rings. The van der Waals surface area contributed by atoms with Gasteiger partial charge < -0.3 is 19.3 Å². The van der Waals surface area contributed by atoms with Gasteiger partial charge in [0.2, 0.25) is 0 Å². The number of benzene rings is 2. The summed E-state index contributed by atoms with van der Waals surface area (Å²) in [5.74, 6) is 0.487. The van der Waals surface area contributed by atoms with Crippen LogP contribution in [0.5, 0.6) is 5.75 Å². The Morgan fingerprint density at radius 3 is 2.56 bits per heavy atom. The Morgan fingerprint density at radius 1 is 1.30 bits per heavy atom. The van der Waals surface area contributed by atoms with E-state index in [1.54, 1.807) is 12.0 Å². The number of anilines is 1. The van der Waals surface area contributed by atoms with Crippen molar-refractivity contribution in [2.45, 2.75) is 32.3 Å². The fourth-order valence-electron chi connectivity index (χ4n) is 3.36. The number of halogens is 1. The number of aliphatic hydroxyl groups excluding tert-OH is 1. The molecule has 0 aromatic heterocycles. The number of nitrogens with zero attached hydrogens (tertiary/aromatic N) is 1. The molecule has 1 aliphatic rings. The first-order valence-electron chi connectivity index (χ1n) is 8.75. The second kappa shape index (κ2) is 7.81. The van der Waals surface area contributed by atoms with Gasteiger partial charge in [-0.25, -0.2) is 4.79 Å². The zero-order valence-electron chi connectivity index (χ0n) is 15.9. The molecule has 1 heterocycles. The third kappa shape index (κ3) is 3.86. The normalized spacial score (nSPS) is 16.5. The number of fused-ring (bicyclic) bond motifs is 3. The highest BCUT2D eigenvalue weighted by Gasteiger charge is 2.39. The monoisotopic (exact) mass is 485 g/mol. The maximum Gasteiger partial charge on any atom is 0.414 e. The molecule has 0 spiro atoms. The largest absolute Gasteiger partial charge is 0.466 e. The van der Waals surface area contributed by atoms with Gasteiger partial charge in [0.25, 0.3) is 0 Å². The van der Waals surface area contributed by atoms with E-state index in [-0.39, 0.29) is 19.3 Å². The molecular weight excluding hydrogens is 461 g/mol. The Hall–Kier alpha value is -1.58. The van der Waals surface area contributed by atoms with E-state index < -0.39 is 11.7 Å². The van der Waals surface area contributed by atoms with Crippen LogP contribution in [0.15, 0.2) is 24.3 Å². The number of carbonyl (C=O) groups excluding carboxylic acids is 1. The minimum Gasteiger partial charge on any atom is -0.466 e. The SMILES string of the molecule is COCOc1c(I)c2c(c3ccccc13)[C@@H](CO)CN2C(=O)OC(C)(C)C. The molecule has 1 N–H and O–H groups in total. The quantitative estimate of drug-likeness (QED) is 0.518. The molecule has 0 aliphatic carbocycles. The summed E-state index contributed by atoms with van der Waals surface area (Å²) in [5.41, 5.74) is 1.09. The second-order valence-electron chi connectivity index (χ2n) is 7.47. The number of carbonyl (C=O) groups is 1. The molecule has 6 nitrogen and oxygen atoms in total. The maximum atomic E-state index is 12.9. The van der Waals surface area contributed by atoms with Gasteiger partial charge in [-0.05, 0) is 54.3 Å². The first-order valence-corrected chi connectivity index (χ1v) is 9.83. The molecular formula is C20H24INO5. The Balaban J connectivity index is 2.21. The van der Waals surface area contributed by atoms with Crippen molar-refractivity contribution in [2.24, 2.45) is 0 Å². The van der Waals surface area contributed by atoms with E-state index in [0.717, 1.165) is 25.6 Å². The van der Waals surface area contributed by atoms with Crippen LogP contribution in [0.25, 0.3) is 10.8 Å². The van der Waals surface area contributed by atoms with E-state index >= 15 is 0 Å². The zero-order valence-corrected chi connectivity index (χ0v) is 18.1. The van der Waals surface area contributed by atoms with E-state index in [1.807, 2.05) is 45.0 Å². The van der Waals surface area contributed by atoms with Gasteiger partial charge in [-0.3, -0.25) is 4.90 Å². The standard InChI is InChI=1S/C20H24INO5/c1-20(2,3)27-19(24)22-9-12(10-23)15-13-7-5-6-8-14(13)18(26-11-25-4)16(21)17(15)22/h5-8,12,23H,9-11H2,1-4H3/t12-/m1/s1. The van der Waals surface area contributed by atoms with Crippen LogP contribution >= 0.6 is 22.6 Å². The predicted molar refractivity (Wildman–Crippen MR) is 113 cm³/mol. The Labute approximate surface area is 172 Å². The number of hydrogen-bond donors (Lipinski definition) is 1. The van der Waals surface area contributed by atoms with Crippen molar-refractivity contribution in [2.75, 3.05) is 32.0 Å². The van der Waals surface area contributed by atoms with E-state index in [9.17, 15) is 9.90 Å². The first-order chi connectivity index (χ1) is 12.8. The molecule has 0 radical (unpaired) electrons. The van der Waals surface area contributed by atoms with Gasteiger partial charge in [0.1, 0.15) is 11.4 Å². The number of hydrogen-bond acceptors (Lipinski definition) is 5. The Morgan fingerprint density at radius 2 is 1.96 bits per heavy atom. The zero-order chi connectivity index (χ0) is 19.8. The summed E-state index contributed by atoms with van der Waals surface area (Å²) < 4.78 is 17.3. The highest BCUT2D eigenvalue weighted by atomic mass is 127. The number of ether oxygens (including phenoxy) is 3. The molecule has 27 heavy (non-hydrogen) atoms. The molecule has 7 heteroatoms. The summed E-state index contributed by atoms with van der Waals surface area (Å²) in [6, 6.07) is 7.86. The minimum atomic E-state index is -0.605. The van der Waals surface area contributed by atoms with Crippen molar-refractivity contribution >= 4 is 45.1 Å². The molecule has 0 saturated carbocycles. The van der Waals surface area contributed by atoms with Crippen LogP contribution in [-0.4, -0.2) is 43.9 Å². The number of amides is 1. The fraction of sp³-hybridized carbons (Fsp3) is 0.450. The molecule has 3 rings (SSSR count). The van der Waals surface area contributed by atoms with Gasteiger partial charge in [0.05, 0.1) is 15.9 Å². The summed E-state index contributed by atoms with van der Waals surface area (Å²) >= 11 is 2.19. The number of rotatable bonds is 4. The first kappa shape index (κ1) is 20.2. The number of aliphatic hydroxyl groups is 1. The molecule has 0 saturated heterocycles. The minimum absolute atomic E-state index is 0.0509. The summed E-state index contributed by atoms with van der Waals surface area (Å²) in [6.07, 6.45) is -0.425. The molecule has 146 valence electrons. The molecule has 1 aliphatic heterocycles. The van der Waals surface area contributed by atoms with Crippen molar-refractivity contribution in [3.8, 4) is 5.75 Å². The average Bonchev–Trinajstić information content (AvgIpc) is 3.00. The van der Waals surface area contributed by atoms with Gasteiger partial charge >= 0.3 is 6.09 Å². The molecule has 0 unspecified atom stereocenters. The van der Waals surface area contributed by atoms with E-state index in [4.69, 9.17) is 14.2 Å². The van der Waals surface area contributed by atoms with Crippen LogP contribution in [0.1, 0.15) is 32.3 Å². The van der Waals surface area contributed by atoms with Crippen molar-refractivity contribution in [3.05, 3.63) is 33.4 Å². The third-order valence-corrected chi connectivity index (χ3v) is 5.36. The Bertz CT molecular complexity index is 862. The summed E-state index contributed by atoms with van der Waals surface area (Å²) in [4.78, 5) is 14.5. The van der Waals surface area contributed by atoms with Crippen molar-refractivity contribution < 1.29 is 24.1 Å².